The number of furan rings is 1. The molecule has 0 aliphatic carbocycles. The molecule has 0 bridgehead atoms. The maximum absolute atomic E-state index is 13.8. The van der Waals surface area contributed by atoms with Crippen molar-refractivity contribution in [1.82, 2.24) is 9.97 Å². The highest BCUT2D eigenvalue weighted by Gasteiger charge is 2.11. The molecule has 94 valence electrons. The summed E-state index contributed by atoms with van der Waals surface area (Å²) in [5.41, 5.74) is 7.00. The van der Waals surface area contributed by atoms with Gasteiger partial charge in [-0.1, -0.05) is 12.1 Å². The van der Waals surface area contributed by atoms with Crippen molar-refractivity contribution in [2.45, 2.75) is 0 Å². The van der Waals surface area contributed by atoms with E-state index in [4.69, 9.17) is 10.2 Å². The van der Waals surface area contributed by atoms with Crippen molar-refractivity contribution in [2.24, 2.45) is 0 Å². The number of rotatable bonds is 2. The third-order valence-corrected chi connectivity index (χ3v) is 2.67. The molecular weight excluding hydrogens is 245 g/mol. The van der Waals surface area contributed by atoms with Crippen molar-refractivity contribution in [1.29, 1.82) is 0 Å². The largest absolute Gasteiger partial charge is 0.463 e. The van der Waals surface area contributed by atoms with Gasteiger partial charge in [-0.15, -0.1) is 0 Å². The van der Waals surface area contributed by atoms with E-state index in [2.05, 4.69) is 9.97 Å². The third-order valence-electron chi connectivity index (χ3n) is 2.67. The normalized spacial score (nSPS) is 10.6. The second-order valence-corrected chi connectivity index (χ2v) is 3.95. The summed E-state index contributed by atoms with van der Waals surface area (Å²) in [5.74, 6) is 0.282. The maximum atomic E-state index is 13.8. The van der Waals surface area contributed by atoms with Gasteiger partial charge in [-0.25, -0.2) is 14.4 Å². The van der Waals surface area contributed by atoms with Crippen LogP contribution in [-0.2, 0) is 0 Å². The Morgan fingerprint density at radius 3 is 2.53 bits per heavy atom. The van der Waals surface area contributed by atoms with Crippen LogP contribution in [0.15, 0.2) is 53.1 Å². The summed E-state index contributed by atoms with van der Waals surface area (Å²) >= 11 is 0. The fourth-order valence-corrected chi connectivity index (χ4v) is 1.82. The first kappa shape index (κ1) is 11.4. The molecule has 0 spiro atoms. The van der Waals surface area contributed by atoms with Crippen LogP contribution in [0, 0.1) is 5.82 Å². The molecule has 0 aliphatic heterocycles. The van der Waals surface area contributed by atoms with Crippen molar-refractivity contribution in [3.8, 4) is 22.7 Å². The third kappa shape index (κ3) is 2.18. The Kier molecular flexibility index (Phi) is 2.72. The number of benzene rings is 1. The number of hydrogen-bond acceptors (Lipinski definition) is 4. The van der Waals surface area contributed by atoms with Gasteiger partial charge < -0.3 is 10.2 Å². The monoisotopic (exact) mass is 255 g/mol. The van der Waals surface area contributed by atoms with Crippen LogP contribution < -0.4 is 5.73 Å². The molecule has 19 heavy (non-hydrogen) atoms. The molecule has 0 aliphatic rings. The zero-order valence-electron chi connectivity index (χ0n) is 9.88. The van der Waals surface area contributed by atoms with Crippen LogP contribution in [0.1, 0.15) is 0 Å². The highest BCUT2D eigenvalue weighted by atomic mass is 19.1. The molecule has 1 aromatic carbocycles. The van der Waals surface area contributed by atoms with Crippen molar-refractivity contribution in [2.75, 3.05) is 5.73 Å². The predicted molar refractivity (Wildman–Crippen MR) is 69.5 cm³/mol. The van der Waals surface area contributed by atoms with Gasteiger partial charge in [-0.3, -0.25) is 0 Å². The van der Waals surface area contributed by atoms with Crippen LogP contribution in [0.3, 0.4) is 0 Å². The maximum Gasteiger partial charge on any atom is 0.221 e. The highest BCUT2D eigenvalue weighted by Crippen LogP contribution is 2.26. The summed E-state index contributed by atoms with van der Waals surface area (Å²) in [5, 5.41) is 0. The highest BCUT2D eigenvalue weighted by molar-refractivity contribution is 5.67. The number of aromatic nitrogens is 2. The second-order valence-electron chi connectivity index (χ2n) is 3.95. The van der Waals surface area contributed by atoms with E-state index in [-0.39, 0.29) is 11.8 Å². The molecule has 0 atom stereocenters. The Labute approximate surface area is 108 Å². The van der Waals surface area contributed by atoms with Crippen LogP contribution in [0.4, 0.5) is 10.3 Å². The smallest absolute Gasteiger partial charge is 0.221 e. The van der Waals surface area contributed by atoms with Crippen LogP contribution >= 0.6 is 0 Å². The Morgan fingerprint density at radius 2 is 1.79 bits per heavy atom. The summed E-state index contributed by atoms with van der Waals surface area (Å²) in [6.07, 6.45) is 1.54. The number of nitrogens with two attached hydrogens (primary N) is 1. The predicted octanol–water partition coefficient (Wildman–Crippen LogP) is 3.12. The lowest BCUT2D eigenvalue weighted by Gasteiger charge is -2.05. The SMILES string of the molecule is Nc1nc(-c2ccco2)cc(-c2ccccc2F)n1. The number of hydrogen-bond donors (Lipinski definition) is 1. The van der Waals surface area contributed by atoms with Crippen LogP contribution in [0.25, 0.3) is 22.7 Å². The van der Waals surface area contributed by atoms with Gasteiger partial charge >= 0.3 is 0 Å². The van der Waals surface area contributed by atoms with Gasteiger partial charge in [-0.2, -0.15) is 0 Å². The molecule has 3 aromatic rings. The molecule has 2 heterocycles. The first-order valence-corrected chi connectivity index (χ1v) is 5.67. The Bertz CT molecular complexity index is 710. The summed E-state index contributed by atoms with van der Waals surface area (Å²) in [4.78, 5) is 8.14. The van der Waals surface area contributed by atoms with Gasteiger partial charge in [0.15, 0.2) is 5.76 Å². The lowest BCUT2D eigenvalue weighted by Crippen LogP contribution is -1.99. The van der Waals surface area contributed by atoms with E-state index in [0.717, 1.165) is 0 Å². The van der Waals surface area contributed by atoms with E-state index < -0.39 is 0 Å². The molecule has 0 unspecified atom stereocenters. The first-order valence-electron chi connectivity index (χ1n) is 5.67. The first-order chi connectivity index (χ1) is 9.24. The molecule has 4 nitrogen and oxygen atoms in total. The summed E-state index contributed by atoms with van der Waals surface area (Å²) < 4.78 is 19.0. The van der Waals surface area contributed by atoms with Gasteiger partial charge in [0.1, 0.15) is 11.5 Å². The van der Waals surface area contributed by atoms with Gasteiger partial charge in [0.2, 0.25) is 5.95 Å². The van der Waals surface area contributed by atoms with Crippen LogP contribution in [-0.4, -0.2) is 9.97 Å². The molecule has 2 aromatic heterocycles. The molecular formula is C14H10FN3O. The molecule has 5 heteroatoms. The zero-order chi connectivity index (χ0) is 13.2. The van der Waals surface area contributed by atoms with E-state index >= 15 is 0 Å². The van der Waals surface area contributed by atoms with E-state index in [9.17, 15) is 4.39 Å². The van der Waals surface area contributed by atoms with Crippen LogP contribution in [0.2, 0.25) is 0 Å². The number of nitrogen functional groups attached to an aromatic ring is 1. The summed E-state index contributed by atoms with van der Waals surface area (Å²) in [6, 6.07) is 11.5. The minimum absolute atomic E-state index is 0.0761. The second kappa shape index (κ2) is 4.53. The summed E-state index contributed by atoms with van der Waals surface area (Å²) in [6.45, 7) is 0. The van der Waals surface area contributed by atoms with Crippen LogP contribution in [0.5, 0.6) is 0 Å². The molecule has 0 radical (unpaired) electrons. The van der Waals surface area contributed by atoms with Gasteiger partial charge in [0.05, 0.1) is 12.0 Å². The molecule has 2 N–H and O–H groups in total. The van der Waals surface area contributed by atoms with Crippen molar-refractivity contribution in [3.05, 3.63) is 54.5 Å². The van der Waals surface area contributed by atoms with Gasteiger partial charge in [0, 0.05) is 5.56 Å². The van der Waals surface area contributed by atoms with E-state index in [1.165, 1.54) is 12.3 Å². The quantitative estimate of drug-likeness (QED) is 0.764. The topological polar surface area (TPSA) is 64.9 Å². The Balaban J connectivity index is 2.16. The average Bonchev–Trinajstić information content (AvgIpc) is 2.92. The van der Waals surface area contributed by atoms with E-state index in [1.54, 1.807) is 36.4 Å². The number of halogens is 1. The molecule has 0 saturated carbocycles. The van der Waals surface area contributed by atoms with Crippen molar-refractivity contribution < 1.29 is 8.81 Å². The van der Waals surface area contributed by atoms with E-state index in [1.807, 2.05) is 0 Å². The standard InChI is InChI=1S/C14H10FN3O/c15-10-5-2-1-4-9(10)11-8-12(18-14(16)17-11)13-6-3-7-19-13/h1-8H,(H2,16,17,18). The average molecular weight is 255 g/mol. The Hall–Kier alpha value is -2.69. The number of nitrogens with zero attached hydrogens (tertiary/aromatic N) is 2. The summed E-state index contributed by atoms with van der Waals surface area (Å²) in [7, 11) is 0. The molecule has 3 rings (SSSR count). The zero-order valence-corrected chi connectivity index (χ0v) is 9.88. The fraction of sp³-hybridized carbons (Fsp3) is 0. The van der Waals surface area contributed by atoms with E-state index in [0.29, 0.717) is 22.7 Å². The number of anilines is 1. The molecule has 0 amide bonds. The van der Waals surface area contributed by atoms with Gasteiger partial charge in [0.25, 0.3) is 0 Å². The lowest BCUT2D eigenvalue weighted by molar-refractivity contribution is 0.580. The fourth-order valence-electron chi connectivity index (χ4n) is 1.82. The van der Waals surface area contributed by atoms with Gasteiger partial charge in [-0.05, 0) is 30.3 Å². The Morgan fingerprint density at radius 1 is 1.00 bits per heavy atom. The molecule has 0 fully saturated rings. The van der Waals surface area contributed by atoms with Crippen molar-refractivity contribution in [3.63, 3.8) is 0 Å². The van der Waals surface area contributed by atoms with Crippen molar-refractivity contribution >= 4 is 5.95 Å². The molecule has 0 saturated heterocycles. The lowest BCUT2D eigenvalue weighted by atomic mass is 10.1. The minimum Gasteiger partial charge on any atom is -0.463 e. The minimum atomic E-state index is -0.356.